The molecule has 1 fully saturated rings. The predicted octanol–water partition coefficient (Wildman–Crippen LogP) is 1.39. The van der Waals surface area contributed by atoms with Crippen LogP contribution in [0.1, 0.15) is 24.1 Å². The van der Waals surface area contributed by atoms with Crippen molar-refractivity contribution < 1.29 is 15.3 Å². The fourth-order valence-electron chi connectivity index (χ4n) is 3.79. The maximum atomic E-state index is 11.9. The molecule has 2 aromatic heterocycles. The molecule has 1 aliphatic carbocycles. The summed E-state index contributed by atoms with van der Waals surface area (Å²) >= 11 is 5.88. The molecule has 1 saturated carbocycles. The van der Waals surface area contributed by atoms with Gasteiger partial charge in [0.2, 0.25) is 0 Å². The van der Waals surface area contributed by atoms with Crippen LogP contribution in [0.4, 0.5) is 0 Å². The first-order valence-corrected chi connectivity index (χ1v) is 8.69. The third-order valence-electron chi connectivity index (χ3n) is 5.19. The number of rotatable bonds is 3. The highest BCUT2D eigenvalue weighted by Crippen LogP contribution is 2.42. The Hall–Kier alpha value is -2.19. The van der Waals surface area contributed by atoms with E-state index in [0.717, 1.165) is 0 Å². The molecule has 1 aliphatic rings. The smallest absolute Gasteiger partial charge is 0.260 e. The molecule has 5 atom stereocenters. The lowest BCUT2D eigenvalue weighted by molar-refractivity contribution is -0.0264. The molecule has 26 heavy (non-hydrogen) atoms. The molecule has 0 spiro atoms. The Morgan fingerprint density at radius 3 is 2.65 bits per heavy atom. The van der Waals surface area contributed by atoms with Gasteiger partial charge in [-0.1, -0.05) is 23.7 Å². The number of aliphatic hydroxyl groups excluding tert-OH is 3. The van der Waals surface area contributed by atoms with E-state index in [9.17, 15) is 20.1 Å². The van der Waals surface area contributed by atoms with Gasteiger partial charge in [0, 0.05) is 17.1 Å². The van der Waals surface area contributed by atoms with E-state index in [1.807, 2.05) is 0 Å². The lowest BCUT2D eigenvalue weighted by atomic mass is 9.92. The zero-order valence-electron chi connectivity index (χ0n) is 13.7. The summed E-state index contributed by atoms with van der Waals surface area (Å²) in [6.07, 6.45) is 0.178. The normalized spacial score (nSPS) is 27.1. The lowest BCUT2D eigenvalue weighted by Crippen LogP contribution is -2.31. The second-order valence-electron chi connectivity index (χ2n) is 6.64. The van der Waals surface area contributed by atoms with Crippen LogP contribution in [0.15, 0.2) is 47.7 Å². The molecule has 0 amide bonds. The topological polar surface area (TPSA) is 111 Å². The summed E-state index contributed by atoms with van der Waals surface area (Å²) in [7, 11) is 0. The lowest BCUT2D eigenvalue weighted by Gasteiger charge is -2.22. The van der Waals surface area contributed by atoms with Crippen molar-refractivity contribution in [1.29, 1.82) is 0 Å². The molecule has 1 aromatic carbocycles. The fourth-order valence-corrected chi connectivity index (χ4v) is 3.92. The van der Waals surface area contributed by atoms with Crippen LogP contribution in [0.2, 0.25) is 5.02 Å². The van der Waals surface area contributed by atoms with E-state index in [-0.39, 0.29) is 5.56 Å². The Kier molecular flexibility index (Phi) is 4.32. The summed E-state index contributed by atoms with van der Waals surface area (Å²) in [6, 6.07) is 7.87. The highest BCUT2D eigenvalue weighted by molar-refractivity contribution is 6.30. The first-order chi connectivity index (χ1) is 12.5. The van der Waals surface area contributed by atoms with Crippen LogP contribution in [-0.2, 0) is 0 Å². The SMILES string of the molecule is O=c1[nH]cnc2c1ccn2[C@@H]1C[C@H]([C@H](O)c2ccc(Cl)cc2)[C@@H](O)[C@H]1O. The van der Waals surface area contributed by atoms with Gasteiger partial charge in [-0.2, -0.15) is 0 Å². The van der Waals surface area contributed by atoms with E-state index in [0.29, 0.717) is 28.0 Å². The van der Waals surface area contributed by atoms with E-state index < -0.39 is 30.3 Å². The number of aromatic nitrogens is 3. The third kappa shape index (κ3) is 2.73. The Morgan fingerprint density at radius 1 is 1.19 bits per heavy atom. The standard InChI is InChI=1S/C18H18ClN3O4/c19-10-3-1-9(2-4-10)14(23)12-7-13(16(25)15(12)24)22-6-5-11-17(22)20-8-21-18(11)26/h1-6,8,12-16,23-25H,7H2,(H,20,21,26)/t12-,13-,14-,15-,16+/m1/s1. The Bertz CT molecular complexity index is 984. The van der Waals surface area contributed by atoms with Crippen LogP contribution < -0.4 is 5.56 Å². The average molecular weight is 376 g/mol. The van der Waals surface area contributed by atoms with Gasteiger partial charge in [-0.15, -0.1) is 0 Å². The van der Waals surface area contributed by atoms with E-state index >= 15 is 0 Å². The number of H-pyrrole nitrogens is 1. The molecular weight excluding hydrogens is 358 g/mol. The van der Waals surface area contributed by atoms with Crippen LogP contribution in [-0.4, -0.2) is 42.1 Å². The molecule has 3 aromatic rings. The Labute approximate surface area is 153 Å². The molecule has 7 nitrogen and oxygen atoms in total. The third-order valence-corrected chi connectivity index (χ3v) is 5.44. The van der Waals surface area contributed by atoms with Gasteiger partial charge < -0.3 is 24.9 Å². The van der Waals surface area contributed by atoms with Crippen molar-refractivity contribution in [3.05, 3.63) is 63.8 Å². The summed E-state index contributed by atoms with van der Waals surface area (Å²) < 4.78 is 1.69. The fraction of sp³-hybridized carbons (Fsp3) is 0.333. The number of hydrogen-bond donors (Lipinski definition) is 4. The highest BCUT2D eigenvalue weighted by Gasteiger charge is 2.46. The number of nitrogens with zero attached hydrogens (tertiary/aromatic N) is 2. The molecule has 4 N–H and O–H groups in total. The van der Waals surface area contributed by atoms with Gasteiger partial charge in [-0.25, -0.2) is 4.98 Å². The quantitative estimate of drug-likeness (QED) is 0.553. The van der Waals surface area contributed by atoms with Crippen molar-refractivity contribution in [3.8, 4) is 0 Å². The Balaban J connectivity index is 1.66. The monoisotopic (exact) mass is 375 g/mol. The summed E-state index contributed by atoms with van der Waals surface area (Å²) in [5.41, 5.74) is 0.796. The number of fused-ring (bicyclic) bond motifs is 1. The van der Waals surface area contributed by atoms with Crippen molar-refractivity contribution in [3.63, 3.8) is 0 Å². The molecule has 8 heteroatoms. The first kappa shape index (κ1) is 17.2. The van der Waals surface area contributed by atoms with Gasteiger partial charge in [0.25, 0.3) is 5.56 Å². The van der Waals surface area contributed by atoms with Crippen LogP contribution in [0.5, 0.6) is 0 Å². The largest absolute Gasteiger partial charge is 0.390 e. The number of hydrogen-bond acceptors (Lipinski definition) is 5. The minimum Gasteiger partial charge on any atom is -0.390 e. The van der Waals surface area contributed by atoms with Crippen molar-refractivity contribution in [1.82, 2.24) is 14.5 Å². The molecule has 0 bridgehead atoms. The van der Waals surface area contributed by atoms with Crippen LogP contribution in [0.3, 0.4) is 0 Å². The van der Waals surface area contributed by atoms with Gasteiger partial charge in [0.15, 0.2) is 0 Å². The van der Waals surface area contributed by atoms with E-state index in [4.69, 9.17) is 11.6 Å². The number of nitrogens with one attached hydrogen (secondary N) is 1. The molecule has 0 radical (unpaired) electrons. The summed E-state index contributed by atoms with van der Waals surface area (Å²) in [5, 5.41) is 32.7. The zero-order chi connectivity index (χ0) is 18.4. The van der Waals surface area contributed by atoms with Crippen LogP contribution >= 0.6 is 11.6 Å². The predicted molar refractivity (Wildman–Crippen MR) is 95.9 cm³/mol. The number of aliphatic hydroxyl groups is 3. The first-order valence-electron chi connectivity index (χ1n) is 8.31. The summed E-state index contributed by atoms with van der Waals surface area (Å²) in [6.45, 7) is 0. The van der Waals surface area contributed by atoms with E-state index in [1.54, 1.807) is 41.1 Å². The molecule has 0 unspecified atom stereocenters. The molecule has 0 saturated heterocycles. The Morgan fingerprint density at radius 2 is 1.92 bits per heavy atom. The minimum atomic E-state index is -1.11. The van der Waals surface area contributed by atoms with Gasteiger partial charge in [0.1, 0.15) is 11.8 Å². The maximum absolute atomic E-state index is 11.9. The molecule has 4 rings (SSSR count). The second kappa shape index (κ2) is 6.51. The number of benzene rings is 1. The highest BCUT2D eigenvalue weighted by atomic mass is 35.5. The summed E-state index contributed by atoms with van der Waals surface area (Å²) in [5.74, 6) is -0.560. The summed E-state index contributed by atoms with van der Waals surface area (Å²) in [4.78, 5) is 18.6. The zero-order valence-corrected chi connectivity index (χ0v) is 14.4. The minimum absolute atomic E-state index is 0.264. The molecule has 2 heterocycles. The van der Waals surface area contributed by atoms with Gasteiger partial charge >= 0.3 is 0 Å². The number of halogens is 1. The average Bonchev–Trinajstić information content (AvgIpc) is 3.18. The van der Waals surface area contributed by atoms with Crippen molar-refractivity contribution in [2.75, 3.05) is 0 Å². The van der Waals surface area contributed by atoms with Gasteiger partial charge in [0.05, 0.1) is 30.0 Å². The van der Waals surface area contributed by atoms with Crippen LogP contribution in [0, 0.1) is 5.92 Å². The van der Waals surface area contributed by atoms with Crippen molar-refractivity contribution in [2.45, 2.75) is 30.8 Å². The van der Waals surface area contributed by atoms with E-state index in [2.05, 4.69) is 9.97 Å². The molecule has 0 aliphatic heterocycles. The van der Waals surface area contributed by atoms with Crippen LogP contribution in [0.25, 0.3) is 11.0 Å². The molecular formula is C18H18ClN3O4. The number of aromatic amines is 1. The second-order valence-corrected chi connectivity index (χ2v) is 7.07. The van der Waals surface area contributed by atoms with E-state index in [1.165, 1.54) is 6.33 Å². The van der Waals surface area contributed by atoms with Gasteiger partial charge in [-0.3, -0.25) is 4.79 Å². The molecule has 136 valence electrons. The van der Waals surface area contributed by atoms with Gasteiger partial charge in [-0.05, 0) is 30.2 Å². The van der Waals surface area contributed by atoms with Crippen molar-refractivity contribution in [2.24, 2.45) is 5.92 Å². The van der Waals surface area contributed by atoms with Crippen molar-refractivity contribution >= 4 is 22.6 Å². The maximum Gasteiger partial charge on any atom is 0.260 e.